The first-order valence-electron chi connectivity index (χ1n) is 7.85. The summed E-state index contributed by atoms with van der Waals surface area (Å²) in [7, 11) is -3.48. The maximum atomic E-state index is 12.7. The molecule has 22 heavy (non-hydrogen) atoms. The monoisotopic (exact) mass is 319 g/mol. The van der Waals surface area contributed by atoms with Crippen LogP contribution in [-0.4, -0.2) is 38.4 Å². The number of benzene rings is 1. The molecule has 0 bridgehead atoms. The molecule has 3 rings (SSSR count). The molecule has 0 spiro atoms. The molecule has 1 atom stereocenters. The van der Waals surface area contributed by atoms with E-state index in [1.54, 1.807) is 22.5 Å². The molecule has 6 heteroatoms. The summed E-state index contributed by atoms with van der Waals surface area (Å²) in [6.45, 7) is 2.23. The zero-order chi connectivity index (χ0) is 15.6. The lowest BCUT2D eigenvalue weighted by Gasteiger charge is -2.34. The fourth-order valence-electron chi connectivity index (χ4n) is 3.51. The average Bonchev–Trinajstić information content (AvgIpc) is 3.09. The van der Waals surface area contributed by atoms with Gasteiger partial charge in [-0.3, -0.25) is 0 Å². The van der Waals surface area contributed by atoms with Crippen molar-refractivity contribution in [2.45, 2.75) is 36.6 Å². The molecule has 1 aromatic carbocycles. The summed E-state index contributed by atoms with van der Waals surface area (Å²) in [6, 6.07) is 8.83. The highest BCUT2D eigenvalue weighted by Crippen LogP contribution is 2.28. The smallest absolute Gasteiger partial charge is 0.243 e. The van der Waals surface area contributed by atoms with Crippen molar-refractivity contribution in [3.8, 4) is 6.07 Å². The van der Waals surface area contributed by atoms with Crippen LogP contribution in [0.4, 0.5) is 0 Å². The van der Waals surface area contributed by atoms with Gasteiger partial charge in [-0.2, -0.15) is 9.57 Å². The van der Waals surface area contributed by atoms with Crippen molar-refractivity contribution in [1.29, 1.82) is 5.26 Å². The Labute approximate surface area is 132 Å². The summed E-state index contributed by atoms with van der Waals surface area (Å²) in [4.78, 5) is 0.226. The van der Waals surface area contributed by atoms with Gasteiger partial charge in [0.2, 0.25) is 10.0 Å². The standard InChI is InChI=1S/C16H21N3O2S/c17-12-13-3-1-4-15(11-13)22(20,21)19-9-6-14(7-10-19)16-5-2-8-18-16/h1,3-4,11,14,16,18H,2,5-10H2. The van der Waals surface area contributed by atoms with Crippen molar-refractivity contribution in [3.05, 3.63) is 29.8 Å². The minimum absolute atomic E-state index is 0.226. The Hall–Kier alpha value is -1.42. The first-order valence-corrected chi connectivity index (χ1v) is 9.29. The highest BCUT2D eigenvalue weighted by atomic mass is 32.2. The van der Waals surface area contributed by atoms with Gasteiger partial charge < -0.3 is 5.32 Å². The van der Waals surface area contributed by atoms with Crippen molar-refractivity contribution in [3.63, 3.8) is 0 Å². The molecule has 0 aromatic heterocycles. The molecule has 2 aliphatic heterocycles. The molecule has 2 saturated heterocycles. The molecule has 2 heterocycles. The van der Waals surface area contributed by atoms with E-state index in [-0.39, 0.29) is 4.90 Å². The van der Waals surface area contributed by atoms with E-state index in [9.17, 15) is 8.42 Å². The summed E-state index contributed by atoms with van der Waals surface area (Å²) in [6.07, 6.45) is 4.26. The van der Waals surface area contributed by atoms with Crippen LogP contribution in [0.25, 0.3) is 0 Å². The van der Waals surface area contributed by atoms with Gasteiger partial charge in [0, 0.05) is 19.1 Å². The van der Waals surface area contributed by atoms with Crippen LogP contribution in [0.5, 0.6) is 0 Å². The SMILES string of the molecule is N#Cc1cccc(S(=O)(=O)N2CCC(C3CCCN3)CC2)c1. The minimum Gasteiger partial charge on any atom is -0.314 e. The summed E-state index contributed by atoms with van der Waals surface area (Å²) in [5, 5.41) is 12.5. The van der Waals surface area contributed by atoms with Crippen LogP contribution in [0, 0.1) is 17.2 Å². The molecule has 0 radical (unpaired) electrons. The zero-order valence-electron chi connectivity index (χ0n) is 12.5. The van der Waals surface area contributed by atoms with Gasteiger partial charge in [-0.05, 0) is 56.3 Å². The number of hydrogen-bond acceptors (Lipinski definition) is 4. The van der Waals surface area contributed by atoms with E-state index in [1.807, 2.05) is 6.07 Å². The van der Waals surface area contributed by atoms with Crippen molar-refractivity contribution in [2.24, 2.45) is 5.92 Å². The van der Waals surface area contributed by atoms with Gasteiger partial charge in [-0.15, -0.1) is 0 Å². The maximum Gasteiger partial charge on any atom is 0.243 e. The summed E-state index contributed by atoms with van der Waals surface area (Å²) >= 11 is 0. The van der Waals surface area contributed by atoms with Gasteiger partial charge in [0.05, 0.1) is 16.5 Å². The number of nitrogens with one attached hydrogen (secondary N) is 1. The fraction of sp³-hybridized carbons (Fsp3) is 0.562. The van der Waals surface area contributed by atoms with Crippen LogP contribution < -0.4 is 5.32 Å². The zero-order valence-corrected chi connectivity index (χ0v) is 13.3. The molecule has 2 aliphatic rings. The lowest BCUT2D eigenvalue weighted by atomic mass is 9.89. The Kier molecular flexibility index (Phi) is 4.48. The number of rotatable bonds is 3. The summed E-state index contributed by atoms with van der Waals surface area (Å²) in [5.41, 5.74) is 0.381. The average molecular weight is 319 g/mol. The van der Waals surface area contributed by atoms with Gasteiger partial charge >= 0.3 is 0 Å². The second kappa shape index (κ2) is 6.37. The third-order valence-electron chi connectivity index (χ3n) is 4.77. The minimum atomic E-state index is -3.48. The second-order valence-electron chi connectivity index (χ2n) is 6.08. The molecule has 1 N–H and O–H groups in total. The predicted molar refractivity (Wildman–Crippen MR) is 83.7 cm³/mol. The Bertz CT molecular complexity index is 667. The number of sulfonamides is 1. The van der Waals surface area contributed by atoms with Crippen molar-refractivity contribution in [2.75, 3.05) is 19.6 Å². The maximum absolute atomic E-state index is 12.7. The van der Waals surface area contributed by atoms with E-state index in [0.717, 1.165) is 19.4 Å². The second-order valence-corrected chi connectivity index (χ2v) is 8.02. The third-order valence-corrected chi connectivity index (χ3v) is 6.66. The fourth-order valence-corrected chi connectivity index (χ4v) is 5.02. The molecule has 5 nitrogen and oxygen atoms in total. The quantitative estimate of drug-likeness (QED) is 0.920. The molecule has 0 amide bonds. The molecule has 0 aliphatic carbocycles. The lowest BCUT2D eigenvalue weighted by Crippen LogP contribution is -2.43. The Balaban J connectivity index is 1.70. The summed E-state index contributed by atoms with van der Waals surface area (Å²) in [5.74, 6) is 0.583. The van der Waals surface area contributed by atoms with E-state index in [0.29, 0.717) is 30.6 Å². The van der Waals surface area contributed by atoms with Crippen molar-refractivity contribution < 1.29 is 8.42 Å². The number of hydrogen-bond donors (Lipinski definition) is 1. The van der Waals surface area contributed by atoms with E-state index >= 15 is 0 Å². The van der Waals surface area contributed by atoms with Crippen LogP contribution in [-0.2, 0) is 10.0 Å². The molecule has 1 unspecified atom stereocenters. The largest absolute Gasteiger partial charge is 0.314 e. The molecule has 2 fully saturated rings. The number of nitrogens with zero attached hydrogens (tertiary/aromatic N) is 2. The highest BCUT2D eigenvalue weighted by Gasteiger charge is 2.33. The Morgan fingerprint density at radius 3 is 2.64 bits per heavy atom. The lowest BCUT2D eigenvalue weighted by molar-refractivity contribution is 0.234. The molecule has 0 saturated carbocycles. The molecule has 1 aromatic rings. The highest BCUT2D eigenvalue weighted by molar-refractivity contribution is 7.89. The Morgan fingerprint density at radius 1 is 1.23 bits per heavy atom. The van der Waals surface area contributed by atoms with Gasteiger partial charge in [-0.25, -0.2) is 8.42 Å². The third kappa shape index (κ3) is 3.02. The van der Waals surface area contributed by atoms with Crippen LogP contribution in [0.1, 0.15) is 31.2 Å². The van der Waals surface area contributed by atoms with Crippen LogP contribution in [0.15, 0.2) is 29.2 Å². The first-order chi connectivity index (χ1) is 10.6. The van der Waals surface area contributed by atoms with Gasteiger partial charge in [0.1, 0.15) is 0 Å². The molecule has 118 valence electrons. The van der Waals surface area contributed by atoms with Gasteiger partial charge in [-0.1, -0.05) is 6.07 Å². The number of nitriles is 1. The predicted octanol–water partition coefficient (Wildman–Crippen LogP) is 1.71. The normalized spacial score (nSPS) is 24.2. The van der Waals surface area contributed by atoms with Crippen LogP contribution in [0.2, 0.25) is 0 Å². The topological polar surface area (TPSA) is 73.2 Å². The van der Waals surface area contributed by atoms with Crippen molar-refractivity contribution in [1.82, 2.24) is 9.62 Å². The molecular weight excluding hydrogens is 298 g/mol. The van der Waals surface area contributed by atoms with E-state index in [2.05, 4.69) is 5.32 Å². The number of piperidine rings is 1. The van der Waals surface area contributed by atoms with Crippen molar-refractivity contribution >= 4 is 10.0 Å². The first kappa shape index (κ1) is 15.5. The molecular formula is C16H21N3O2S. The summed E-state index contributed by atoms with van der Waals surface area (Å²) < 4.78 is 26.9. The van der Waals surface area contributed by atoms with Crippen LogP contribution in [0.3, 0.4) is 0 Å². The van der Waals surface area contributed by atoms with E-state index < -0.39 is 10.0 Å². The van der Waals surface area contributed by atoms with Gasteiger partial charge in [0.25, 0.3) is 0 Å². The van der Waals surface area contributed by atoms with Gasteiger partial charge in [0.15, 0.2) is 0 Å². The van der Waals surface area contributed by atoms with E-state index in [4.69, 9.17) is 5.26 Å². The van der Waals surface area contributed by atoms with Crippen LogP contribution >= 0.6 is 0 Å². The Morgan fingerprint density at radius 2 is 2.00 bits per heavy atom. The van der Waals surface area contributed by atoms with E-state index in [1.165, 1.54) is 18.9 Å².